The number of Topliss-reactive ketones (excluding diaryl/α,β-unsaturated/α-hetero) is 2. The lowest BCUT2D eigenvalue weighted by atomic mass is 9.82. The largest absolute Gasteiger partial charge is 0.496 e. The fraction of sp³-hybridized carbons (Fsp3) is 0.158. The number of carbonyl (C=O) groups is 4. The summed E-state index contributed by atoms with van der Waals surface area (Å²) >= 11 is 0. The van der Waals surface area contributed by atoms with Gasteiger partial charge in [-0.1, -0.05) is 12.1 Å². The summed E-state index contributed by atoms with van der Waals surface area (Å²) in [4.78, 5) is 49.8. The molecule has 0 aliphatic heterocycles. The predicted octanol–water partition coefficient (Wildman–Crippen LogP) is 1.87. The quantitative estimate of drug-likeness (QED) is 0.613. The van der Waals surface area contributed by atoms with Crippen molar-refractivity contribution in [2.75, 3.05) is 21.3 Å². The fourth-order valence-corrected chi connectivity index (χ4v) is 2.94. The number of hydrogen-bond acceptors (Lipinski definition) is 7. The van der Waals surface area contributed by atoms with Gasteiger partial charge >= 0.3 is 11.9 Å². The minimum absolute atomic E-state index is 0.0000491. The van der Waals surface area contributed by atoms with Gasteiger partial charge in [-0.15, -0.1) is 0 Å². The standard InChI is InChI=1S/C19H14O7/c1-24-13-6-4-5-9-7-11-12(8-10(9)13)17(21)15(19(23)26-3)14(16(11)20)18(22)25-2/h4-8H,1-3H3. The van der Waals surface area contributed by atoms with Crippen molar-refractivity contribution in [3.63, 3.8) is 0 Å². The zero-order valence-corrected chi connectivity index (χ0v) is 14.2. The summed E-state index contributed by atoms with van der Waals surface area (Å²) in [6.45, 7) is 0. The summed E-state index contributed by atoms with van der Waals surface area (Å²) < 4.78 is 14.4. The van der Waals surface area contributed by atoms with Gasteiger partial charge in [-0.3, -0.25) is 9.59 Å². The summed E-state index contributed by atoms with van der Waals surface area (Å²) in [5, 5.41) is 1.25. The third-order valence-electron chi connectivity index (χ3n) is 4.17. The average molecular weight is 354 g/mol. The third-order valence-corrected chi connectivity index (χ3v) is 4.17. The summed E-state index contributed by atoms with van der Waals surface area (Å²) in [7, 11) is 3.60. The number of fused-ring (bicyclic) bond motifs is 2. The highest BCUT2D eigenvalue weighted by Crippen LogP contribution is 2.34. The lowest BCUT2D eigenvalue weighted by Gasteiger charge is -2.19. The highest BCUT2D eigenvalue weighted by Gasteiger charge is 2.40. The van der Waals surface area contributed by atoms with E-state index >= 15 is 0 Å². The van der Waals surface area contributed by atoms with E-state index in [1.54, 1.807) is 18.2 Å². The normalized spacial score (nSPS) is 13.5. The summed E-state index contributed by atoms with van der Waals surface area (Å²) in [6.07, 6.45) is 0. The Hall–Kier alpha value is -3.48. The van der Waals surface area contributed by atoms with Crippen molar-refractivity contribution in [1.29, 1.82) is 0 Å². The van der Waals surface area contributed by atoms with E-state index in [1.807, 2.05) is 0 Å². The van der Waals surface area contributed by atoms with Crippen molar-refractivity contribution in [2.24, 2.45) is 0 Å². The van der Waals surface area contributed by atoms with Gasteiger partial charge in [0.25, 0.3) is 0 Å². The van der Waals surface area contributed by atoms with Crippen LogP contribution in [-0.4, -0.2) is 44.8 Å². The Morgan fingerprint density at radius 1 is 0.808 bits per heavy atom. The van der Waals surface area contributed by atoms with Crippen LogP contribution in [0.5, 0.6) is 5.75 Å². The number of ether oxygens (including phenoxy) is 3. The first-order valence-electron chi connectivity index (χ1n) is 7.55. The van der Waals surface area contributed by atoms with Gasteiger partial charge in [0.05, 0.1) is 21.3 Å². The van der Waals surface area contributed by atoms with Gasteiger partial charge in [0, 0.05) is 16.5 Å². The monoisotopic (exact) mass is 354 g/mol. The van der Waals surface area contributed by atoms with Crippen LogP contribution in [0.25, 0.3) is 10.8 Å². The summed E-state index contributed by atoms with van der Waals surface area (Å²) in [6, 6.07) is 8.15. The number of methoxy groups -OCH3 is 3. The molecule has 2 aromatic carbocycles. The van der Waals surface area contributed by atoms with Gasteiger partial charge in [0.2, 0.25) is 11.6 Å². The first-order chi connectivity index (χ1) is 12.4. The lowest BCUT2D eigenvalue weighted by molar-refractivity contribution is -0.138. The molecule has 0 atom stereocenters. The molecule has 0 saturated heterocycles. The molecule has 0 fully saturated rings. The van der Waals surface area contributed by atoms with Crippen molar-refractivity contribution in [3.8, 4) is 5.75 Å². The molecule has 26 heavy (non-hydrogen) atoms. The molecular weight excluding hydrogens is 340 g/mol. The zero-order chi connectivity index (χ0) is 19.0. The Morgan fingerprint density at radius 3 is 1.85 bits per heavy atom. The van der Waals surface area contributed by atoms with E-state index in [-0.39, 0.29) is 11.1 Å². The molecule has 0 amide bonds. The van der Waals surface area contributed by atoms with Crippen molar-refractivity contribution in [2.45, 2.75) is 0 Å². The van der Waals surface area contributed by atoms with Gasteiger partial charge in [-0.05, 0) is 23.6 Å². The molecule has 1 aliphatic rings. The number of esters is 2. The number of rotatable bonds is 3. The summed E-state index contributed by atoms with van der Waals surface area (Å²) in [5.41, 5.74) is -1.24. The SMILES string of the molecule is COC(=O)C1=C(C(=O)OC)C(=O)c2cc3c(OC)cccc3cc2C1=O. The number of ketones is 2. The van der Waals surface area contributed by atoms with E-state index in [0.717, 1.165) is 14.2 Å². The molecular formula is C19H14O7. The van der Waals surface area contributed by atoms with E-state index in [0.29, 0.717) is 16.5 Å². The van der Waals surface area contributed by atoms with Crippen LogP contribution in [0.4, 0.5) is 0 Å². The Kier molecular flexibility index (Phi) is 4.29. The second-order valence-electron chi connectivity index (χ2n) is 5.47. The van der Waals surface area contributed by atoms with Gasteiger partial charge < -0.3 is 14.2 Å². The van der Waals surface area contributed by atoms with Crippen molar-refractivity contribution >= 4 is 34.3 Å². The Morgan fingerprint density at radius 2 is 1.35 bits per heavy atom. The zero-order valence-electron chi connectivity index (χ0n) is 14.2. The van der Waals surface area contributed by atoms with Gasteiger partial charge in [-0.2, -0.15) is 0 Å². The van der Waals surface area contributed by atoms with Crippen LogP contribution in [0.1, 0.15) is 20.7 Å². The lowest BCUT2D eigenvalue weighted by Crippen LogP contribution is -2.31. The smallest absolute Gasteiger partial charge is 0.342 e. The number of benzene rings is 2. The minimum atomic E-state index is -1.07. The second kappa shape index (κ2) is 6.44. The van der Waals surface area contributed by atoms with Crippen molar-refractivity contribution < 1.29 is 33.4 Å². The van der Waals surface area contributed by atoms with E-state index in [4.69, 9.17) is 4.74 Å². The van der Waals surface area contributed by atoms with Crippen LogP contribution >= 0.6 is 0 Å². The first-order valence-corrected chi connectivity index (χ1v) is 7.55. The van der Waals surface area contributed by atoms with Crippen LogP contribution in [-0.2, 0) is 19.1 Å². The Balaban J connectivity index is 2.35. The third kappa shape index (κ3) is 2.45. The average Bonchev–Trinajstić information content (AvgIpc) is 2.67. The maximum absolute atomic E-state index is 12.9. The molecule has 0 saturated carbocycles. The van der Waals surface area contributed by atoms with Crippen LogP contribution < -0.4 is 4.74 Å². The van der Waals surface area contributed by atoms with E-state index in [1.165, 1.54) is 19.2 Å². The molecule has 0 spiro atoms. The fourth-order valence-electron chi connectivity index (χ4n) is 2.94. The van der Waals surface area contributed by atoms with E-state index in [2.05, 4.69) is 9.47 Å². The molecule has 0 bridgehead atoms. The topological polar surface area (TPSA) is 96.0 Å². The maximum atomic E-state index is 12.9. The molecule has 0 N–H and O–H groups in total. The Labute approximate surface area is 148 Å². The highest BCUT2D eigenvalue weighted by atomic mass is 16.5. The number of carbonyl (C=O) groups excluding carboxylic acids is 4. The number of hydrogen-bond donors (Lipinski definition) is 0. The molecule has 0 unspecified atom stereocenters. The van der Waals surface area contributed by atoms with Crippen molar-refractivity contribution in [3.05, 3.63) is 52.6 Å². The molecule has 0 heterocycles. The molecule has 132 valence electrons. The molecule has 2 aromatic rings. The van der Waals surface area contributed by atoms with Gasteiger partial charge in [0.15, 0.2) is 0 Å². The molecule has 7 heteroatoms. The molecule has 1 aliphatic carbocycles. The Bertz CT molecular complexity index is 1010. The molecule has 0 radical (unpaired) electrons. The van der Waals surface area contributed by atoms with Crippen LogP contribution in [0.2, 0.25) is 0 Å². The second-order valence-corrected chi connectivity index (χ2v) is 5.47. The van der Waals surface area contributed by atoms with E-state index in [9.17, 15) is 19.2 Å². The van der Waals surface area contributed by atoms with Crippen LogP contribution in [0, 0.1) is 0 Å². The van der Waals surface area contributed by atoms with Crippen LogP contribution in [0.15, 0.2) is 41.5 Å². The molecule has 3 rings (SSSR count). The minimum Gasteiger partial charge on any atom is -0.496 e. The highest BCUT2D eigenvalue weighted by molar-refractivity contribution is 6.42. The van der Waals surface area contributed by atoms with Gasteiger partial charge in [0.1, 0.15) is 16.9 Å². The molecule has 0 aromatic heterocycles. The molecule has 7 nitrogen and oxygen atoms in total. The summed E-state index contributed by atoms with van der Waals surface area (Å²) in [5.74, 6) is -3.18. The first kappa shape index (κ1) is 17.3. The van der Waals surface area contributed by atoms with Crippen LogP contribution in [0.3, 0.4) is 0 Å². The van der Waals surface area contributed by atoms with Crippen molar-refractivity contribution in [1.82, 2.24) is 0 Å². The predicted molar refractivity (Wildman–Crippen MR) is 90.2 cm³/mol. The van der Waals surface area contributed by atoms with E-state index < -0.39 is 34.7 Å². The van der Waals surface area contributed by atoms with Gasteiger partial charge in [-0.25, -0.2) is 9.59 Å². The maximum Gasteiger partial charge on any atom is 0.342 e.